The number of carboxylic acid groups (broad SMARTS) is 1. The van der Waals surface area contributed by atoms with E-state index in [9.17, 15) is 10.2 Å². The summed E-state index contributed by atoms with van der Waals surface area (Å²) in [5.74, 6) is 0. The summed E-state index contributed by atoms with van der Waals surface area (Å²) < 4.78 is 0. The Kier molecular flexibility index (Phi) is 7.97. The molecule has 0 saturated heterocycles. The molecule has 0 aliphatic heterocycles. The third-order valence-electron chi connectivity index (χ3n) is 3.32. The molecule has 2 rings (SSSR count). The van der Waals surface area contributed by atoms with Crippen molar-refractivity contribution >= 4 is 6.47 Å². The van der Waals surface area contributed by atoms with Gasteiger partial charge in [-0.25, -0.2) is 0 Å². The molecule has 0 atom stereocenters. The van der Waals surface area contributed by atoms with Gasteiger partial charge < -0.3 is 20.2 Å². The Balaban J connectivity index is 0.000000816. The topological polar surface area (TPSA) is 81.0 Å². The van der Waals surface area contributed by atoms with Crippen molar-refractivity contribution in [3.8, 4) is 11.1 Å². The van der Waals surface area contributed by atoms with E-state index in [1.807, 2.05) is 50.5 Å². The van der Waals surface area contributed by atoms with Gasteiger partial charge in [-0.15, -0.1) is 0 Å². The molecule has 5 nitrogen and oxygen atoms in total. The lowest BCUT2D eigenvalue weighted by atomic mass is 9.94. The van der Waals surface area contributed by atoms with E-state index in [2.05, 4.69) is 11.0 Å². The fourth-order valence-electron chi connectivity index (χ4n) is 2.43. The minimum Gasteiger partial charge on any atom is -0.483 e. The van der Waals surface area contributed by atoms with E-state index < -0.39 is 0 Å². The first-order chi connectivity index (χ1) is 11.1. The van der Waals surface area contributed by atoms with E-state index in [0.29, 0.717) is 0 Å². The maximum atomic E-state index is 9.63. The second-order valence-electron chi connectivity index (χ2n) is 5.31. The molecule has 124 valence electrons. The van der Waals surface area contributed by atoms with Crippen LogP contribution in [0.3, 0.4) is 0 Å². The molecule has 5 heteroatoms. The highest BCUT2D eigenvalue weighted by molar-refractivity contribution is 5.71. The van der Waals surface area contributed by atoms with Crippen LogP contribution in [-0.4, -0.2) is 40.8 Å². The van der Waals surface area contributed by atoms with Crippen molar-refractivity contribution in [2.75, 3.05) is 14.1 Å². The Bertz CT molecular complexity index is 626. The lowest BCUT2D eigenvalue weighted by Gasteiger charge is -2.15. The van der Waals surface area contributed by atoms with Gasteiger partial charge in [0.15, 0.2) is 0 Å². The summed E-state index contributed by atoms with van der Waals surface area (Å²) in [4.78, 5) is 10.5. The van der Waals surface area contributed by atoms with E-state index in [4.69, 9.17) is 9.90 Å². The molecule has 0 radical (unpaired) electrons. The molecule has 0 unspecified atom stereocenters. The van der Waals surface area contributed by atoms with Crippen molar-refractivity contribution in [2.24, 2.45) is 0 Å². The Morgan fingerprint density at radius 1 is 0.957 bits per heavy atom. The highest BCUT2D eigenvalue weighted by Crippen LogP contribution is 2.28. The molecule has 2 aromatic carbocycles. The first-order valence-corrected chi connectivity index (χ1v) is 7.21. The van der Waals surface area contributed by atoms with Crippen LogP contribution < -0.4 is 0 Å². The molecule has 2 aromatic rings. The van der Waals surface area contributed by atoms with Crippen LogP contribution >= 0.6 is 0 Å². The predicted octanol–water partition coefficient (Wildman–Crippen LogP) is 2.10. The fraction of sp³-hybridized carbons (Fsp3) is 0.278. The number of benzene rings is 2. The molecular weight excluding hydrogens is 294 g/mol. The molecule has 0 spiro atoms. The van der Waals surface area contributed by atoms with Gasteiger partial charge >= 0.3 is 0 Å². The molecule has 0 heterocycles. The number of nitrogens with zero attached hydrogens (tertiary/aromatic N) is 1. The standard InChI is InChI=1S/C17H21NO2.CH2O2/c1-18(2)10-13-7-8-17(15(9-13)12-20)16-6-4-3-5-14(16)11-19;2-1-3/h3-9,19-20H,10-12H2,1-2H3;1H,(H,2,3). The van der Waals surface area contributed by atoms with E-state index in [1.165, 1.54) is 5.56 Å². The predicted molar refractivity (Wildman–Crippen MR) is 89.8 cm³/mol. The fourth-order valence-corrected chi connectivity index (χ4v) is 2.43. The molecule has 0 aliphatic carbocycles. The number of hydrogen-bond donors (Lipinski definition) is 3. The quantitative estimate of drug-likeness (QED) is 0.736. The first-order valence-electron chi connectivity index (χ1n) is 7.21. The Labute approximate surface area is 136 Å². The zero-order valence-electron chi connectivity index (χ0n) is 13.4. The normalized spacial score (nSPS) is 10.1. The number of rotatable bonds is 5. The molecule has 0 bridgehead atoms. The van der Waals surface area contributed by atoms with Crippen LogP contribution in [0.4, 0.5) is 0 Å². The number of carbonyl (C=O) groups is 1. The van der Waals surface area contributed by atoms with Crippen molar-refractivity contribution < 1.29 is 20.1 Å². The van der Waals surface area contributed by atoms with Crippen molar-refractivity contribution in [1.29, 1.82) is 0 Å². The van der Waals surface area contributed by atoms with Gasteiger partial charge in [0.1, 0.15) is 0 Å². The van der Waals surface area contributed by atoms with Gasteiger partial charge in [-0.05, 0) is 41.9 Å². The highest BCUT2D eigenvalue weighted by atomic mass is 16.3. The monoisotopic (exact) mass is 317 g/mol. The maximum absolute atomic E-state index is 9.63. The first kappa shape index (κ1) is 18.8. The van der Waals surface area contributed by atoms with E-state index in [1.54, 1.807) is 0 Å². The van der Waals surface area contributed by atoms with Gasteiger partial charge in [0, 0.05) is 6.54 Å². The third-order valence-corrected chi connectivity index (χ3v) is 3.32. The molecule has 0 saturated carbocycles. The zero-order valence-corrected chi connectivity index (χ0v) is 13.4. The summed E-state index contributed by atoms with van der Waals surface area (Å²) in [6, 6.07) is 13.9. The summed E-state index contributed by atoms with van der Waals surface area (Å²) in [6.45, 7) is 0.589. The van der Waals surface area contributed by atoms with Crippen molar-refractivity contribution in [1.82, 2.24) is 4.90 Å². The molecule has 3 N–H and O–H groups in total. The van der Waals surface area contributed by atoms with Gasteiger partial charge in [-0.2, -0.15) is 0 Å². The lowest BCUT2D eigenvalue weighted by Crippen LogP contribution is -2.11. The van der Waals surface area contributed by atoms with Crippen LogP contribution in [0.15, 0.2) is 42.5 Å². The summed E-state index contributed by atoms with van der Waals surface area (Å²) in [7, 11) is 4.04. The van der Waals surface area contributed by atoms with Crippen LogP contribution in [0.2, 0.25) is 0 Å². The van der Waals surface area contributed by atoms with Crippen LogP contribution in [0, 0.1) is 0 Å². The molecule has 0 aromatic heterocycles. The van der Waals surface area contributed by atoms with Gasteiger partial charge in [-0.3, -0.25) is 4.79 Å². The molecule has 23 heavy (non-hydrogen) atoms. The Hall–Kier alpha value is -2.21. The molecule has 0 aliphatic rings. The Morgan fingerprint density at radius 2 is 1.52 bits per heavy atom. The second-order valence-corrected chi connectivity index (χ2v) is 5.31. The molecular formula is C18H23NO4. The highest BCUT2D eigenvalue weighted by Gasteiger charge is 2.09. The maximum Gasteiger partial charge on any atom is 0.290 e. The zero-order chi connectivity index (χ0) is 17.2. The van der Waals surface area contributed by atoms with Crippen LogP contribution in [-0.2, 0) is 24.6 Å². The molecule has 0 fully saturated rings. The largest absolute Gasteiger partial charge is 0.483 e. The van der Waals surface area contributed by atoms with Gasteiger partial charge in [0.25, 0.3) is 6.47 Å². The average molecular weight is 317 g/mol. The van der Waals surface area contributed by atoms with E-state index >= 15 is 0 Å². The number of hydrogen-bond acceptors (Lipinski definition) is 4. The van der Waals surface area contributed by atoms with Gasteiger partial charge in [0.05, 0.1) is 13.2 Å². The second kappa shape index (κ2) is 9.74. The van der Waals surface area contributed by atoms with Crippen molar-refractivity contribution in [3.63, 3.8) is 0 Å². The molecule has 0 amide bonds. The summed E-state index contributed by atoms with van der Waals surface area (Å²) >= 11 is 0. The Morgan fingerprint density at radius 3 is 2.09 bits per heavy atom. The minimum absolute atomic E-state index is 0.000487. The third kappa shape index (κ3) is 5.49. The van der Waals surface area contributed by atoms with Crippen LogP contribution in [0.5, 0.6) is 0 Å². The van der Waals surface area contributed by atoms with Crippen LogP contribution in [0.1, 0.15) is 16.7 Å². The minimum atomic E-state index is -0.250. The SMILES string of the molecule is CN(C)Cc1ccc(-c2ccccc2CO)c(CO)c1.O=CO. The van der Waals surface area contributed by atoms with Gasteiger partial charge in [-0.1, -0.05) is 42.5 Å². The number of aliphatic hydroxyl groups is 2. The smallest absolute Gasteiger partial charge is 0.290 e. The number of aliphatic hydroxyl groups excluding tert-OH is 2. The van der Waals surface area contributed by atoms with Crippen LogP contribution in [0.25, 0.3) is 11.1 Å². The van der Waals surface area contributed by atoms with Gasteiger partial charge in [0.2, 0.25) is 0 Å². The summed E-state index contributed by atoms with van der Waals surface area (Å²) in [5.41, 5.74) is 4.91. The van der Waals surface area contributed by atoms with Crippen molar-refractivity contribution in [3.05, 3.63) is 59.2 Å². The lowest BCUT2D eigenvalue weighted by molar-refractivity contribution is -0.122. The van der Waals surface area contributed by atoms with E-state index in [0.717, 1.165) is 28.8 Å². The van der Waals surface area contributed by atoms with Crippen molar-refractivity contribution in [2.45, 2.75) is 19.8 Å². The summed E-state index contributed by atoms with van der Waals surface area (Å²) in [6.07, 6.45) is 0. The average Bonchev–Trinajstić information content (AvgIpc) is 2.55. The summed E-state index contributed by atoms with van der Waals surface area (Å²) in [5, 5.41) is 26.0. The van der Waals surface area contributed by atoms with E-state index in [-0.39, 0.29) is 19.7 Å².